The van der Waals surface area contributed by atoms with Gasteiger partial charge in [-0.1, -0.05) is 36.4 Å². The van der Waals surface area contributed by atoms with E-state index in [1.807, 2.05) is 0 Å². The van der Waals surface area contributed by atoms with Crippen LogP contribution in [0.25, 0.3) is 0 Å². The van der Waals surface area contributed by atoms with E-state index in [0.717, 1.165) is 13.1 Å². The Morgan fingerprint density at radius 3 is 2.52 bits per heavy atom. The molecule has 4 N–H and O–H groups in total. The molecular weight excluding hydrogens is 550 g/mol. The van der Waals surface area contributed by atoms with Crippen LogP contribution in [0.15, 0.2) is 48.5 Å². The third-order valence-corrected chi connectivity index (χ3v) is 7.71. The van der Waals surface area contributed by atoms with E-state index < -0.39 is 54.8 Å². The van der Waals surface area contributed by atoms with Gasteiger partial charge in [0.2, 0.25) is 5.91 Å². The zero-order valence-corrected chi connectivity index (χ0v) is 23.6. The minimum Gasteiger partial charge on any atom is -0.508 e. The summed E-state index contributed by atoms with van der Waals surface area (Å²) in [5.41, 5.74) is 1.12. The predicted octanol–water partition coefficient (Wildman–Crippen LogP) is 1.48. The number of benzene rings is 2. The molecule has 2 fully saturated rings. The topological polar surface area (TPSA) is 131 Å². The summed E-state index contributed by atoms with van der Waals surface area (Å²) >= 11 is 0. The van der Waals surface area contributed by atoms with Crippen molar-refractivity contribution in [3.8, 4) is 5.75 Å². The number of nitrogens with one attached hydrogen (secondary N) is 2. The smallest absolute Gasteiger partial charge is 0.267 e. The Kier molecular flexibility index (Phi) is 10.5. The van der Waals surface area contributed by atoms with Crippen LogP contribution in [-0.4, -0.2) is 108 Å². The average molecular weight is 589 g/mol. The maximum Gasteiger partial charge on any atom is 0.267 e. The summed E-state index contributed by atoms with van der Waals surface area (Å²) in [6.45, 7) is 4.35. The molecule has 0 radical (unpaired) electrons. The number of halogens is 2. The standard InChI is InChI=1S/C30H38F2N4O6/c1-20-22(9-5-10-25(20)37)27(39)34-23(17-21-7-3-2-4-8-21)26(38)29(41)36-19-30(31,32)18-24(36)28(40)33-11-6-12-35-13-15-42-16-14-35/h2-5,7-10,23-24,26,37-38H,6,11-19H2,1H3,(H,33,40)(H,34,39)/t23?,24-,26-/m0/s1. The number of carbonyl (C=O) groups is 3. The lowest BCUT2D eigenvalue weighted by molar-refractivity contribution is -0.147. The van der Waals surface area contributed by atoms with E-state index in [1.54, 1.807) is 37.3 Å². The Labute approximate surface area is 243 Å². The Bertz CT molecular complexity index is 1240. The number of aliphatic hydroxyl groups excluding tert-OH is 1. The average Bonchev–Trinajstić information content (AvgIpc) is 3.32. The Morgan fingerprint density at radius 2 is 1.81 bits per heavy atom. The van der Waals surface area contributed by atoms with Crippen molar-refractivity contribution < 1.29 is 38.1 Å². The maximum atomic E-state index is 14.6. The van der Waals surface area contributed by atoms with Gasteiger partial charge in [-0.05, 0) is 44.0 Å². The van der Waals surface area contributed by atoms with E-state index in [1.165, 1.54) is 18.2 Å². The highest BCUT2D eigenvalue weighted by molar-refractivity contribution is 5.97. The lowest BCUT2D eigenvalue weighted by Gasteiger charge is -2.30. The van der Waals surface area contributed by atoms with Gasteiger partial charge in [-0.2, -0.15) is 0 Å². The van der Waals surface area contributed by atoms with E-state index in [0.29, 0.717) is 42.2 Å². The Hall–Kier alpha value is -3.61. The first-order valence-electron chi connectivity index (χ1n) is 14.1. The molecule has 2 aromatic carbocycles. The molecule has 0 bridgehead atoms. The van der Waals surface area contributed by atoms with Crippen LogP contribution in [0.1, 0.15) is 34.3 Å². The second-order valence-corrected chi connectivity index (χ2v) is 10.8. The fourth-order valence-electron chi connectivity index (χ4n) is 5.31. The molecule has 2 aromatic rings. The number of morpholine rings is 1. The van der Waals surface area contributed by atoms with Crippen LogP contribution in [0.3, 0.4) is 0 Å². The fraction of sp³-hybridized carbons (Fsp3) is 0.500. The zero-order chi connectivity index (χ0) is 30.3. The van der Waals surface area contributed by atoms with Gasteiger partial charge in [-0.15, -0.1) is 0 Å². The number of alkyl halides is 2. The number of aliphatic hydroxyl groups is 1. The quantitative estimate of drug-likeness (QED) is 0.293. The van der Waals surface area contributed by atoms with Crippen molar-refractivity contribution in [3.63, 3.8) is 0 Å². The molecule has 3 amide bonds. The highest BCUT2D eigenvalue weighted by Gasteiger charge is 2.51. The molecule has 0 aliphatic carbocycles. The van der Waals surface area contributed by atoms with Gasteiger partial charge >= 0.3 is 0 Å². The molecule has 2 heterocycles. The number of nitrogens with zero attached hydrogens (tertiary/aromatic N) is 2. The van der Waals surface area contributed by atoms with Crippen LogP contribution in [0, 0.1) is 6.92 Å². The number of hydrogen-bond acceptors (Lipinski definition) is 7. The van der Waals surface area contributed by atoms with Crippen molar-refractivity contribution in [1.82, 2.24) is 20.4 Å². The largest absolute Gasteiger partial charge is 0.508 e. The highest BCUT2D eigenvalue weighted by atomic mass is 19.3. The van der Waals surface area contributed by atoms with E-state index >= 15 is 0 Å². The first-order chi connectivity index (χ1) is 20.1. The fourth-order valence-corrected chi connectivity index (χ4v) is 5.31. The first-order valence-corrected chi connectivity index (χ1v) is 14.1. The number of hydrogen-bond donors (Lipinski definition) is 4. The van der Waals surface area contributed by atoms with Crippen LogP contribution in [-0.2, 0) is 20.7 Å². The molecule has 42 heavy (non-hydrogen) atoms. The SMILES string of the molecule is Cc1c(O)cccc1C(=O)NC(Cc1ccccc1)[C@H](O)C(=O)N1CC(F)(F)C[C@H]1C(=O)NCCCN1CCOCC1. The van der Waals surface area contributed by atoms with Gasteiger partial charge < -0.3 is 30.5 Å². The van der Waals surface area contributed by atoms with Crippen LogP contribution in [0.4, 0.5) is 8.78 Å². The van der Waals surface area contributed by atoms with Crippen molar-refractivity contribution in [3.05, 3.63) is 65.2 Å². The third-order valence-electron chi connectivity index (χ3n) is 7.71. The minimum absolute atomic E-state index is 0.0139. The van der Waals surface area contributed by atoms with Crippen LogP contribution < -0.4 is 10.6 Å². The van der Waals surface area contributed by atoms with Gasteiger partial charge in [0.15, 0.2) is 6.10 Å². The van der Waals surface area contributed by atoms with E-state index in [4.69, 9.17) is 4.74 Å². The van der Waals surface area contributed by atoms with Gasteiger partial charge in [0.1, 0.15) is 11.8 Å². The van der Waals surface area contributed by atoms with Crippen molar-refractivity contribution >= 4 is 17.7 Å². The molecule has 2 aliphatic heterocycles. The second kappa shape index (κ2) is 14.0. The van der Waals surface area contributed by atoms with Crippen LogP contribution >= 0.6 is 0 Å². The number of rotatable bonds is 11. The molecule has 12 heteroatoms. The number of phenolic OH excluding ortho intramolecular Hbond substituents is 1. The van der Waals surface area contributed by atoms with Crippen LogP contribution in [0.5, 0.6) is 5.75 Å². The molecule has 1 unspecified atom stereocenters. The molecule has 2 saturated heterocycles. The molecule has 0 spiro atoms. The van der Waals surface area contributed by atoms with Crippen molar-refractivity contribution in [2.24, 2.45) is 0 Å². The molecule has 0 aromatic heterocycles. The molecule has 228 valence electrons. The summed E-state index contributed by atoms with van der Waals surface area (Å²) in [6.07, 6.45) is -2.17. The second-order valence-electron chi connectivity index (χ2n) is 10.8. The predicted molar refractivity (Wildman–Crippen MR) is 150 cm³/mol. The number of likely N-dealkylation sites (tertiary alicyclic amines) is 1. The number of ether oxygens (including phenoxy) is 1. The number of amides is 3. The summed E-state index contributed by atoms with van der Waals surface area (Å²) in [4.78, 5) is 42.5. The number of aromatic hydroxyl groups is 1. The lowest BCUT2D eigenvalue weighted by atomic mass is 9.98. The molecular formula is C30H38F2N4O6. The lowest BCUT2D eigenvalue weighted by Crippen LogP contribution is -2.56. The van der Waals surface area contributed by atoms with Gasteiger partial charge in [0.25, 0.3) is 17.7 Å². The maximum absolute atomic E-state index is 14.6. The minimum atomic E-state index is -3.32. The Morgan fingerprint density at radius 1 is 1.10 bits per heavy atom. The van der Waals surface area contributed by atoms with E-state index in [2.05, 4.69) is 15.5 Å². The molecule has 2 aliphatic rings. The monoisotopic (exact) mass is 588 g/mol. The van der Waals surface area contributed by atoms with Gasteiger partial charge in [-0.25, -0.2) is 8.78 Å². The summed E-state index contributed by atoms with van der Waals surface area (Å²) in [5, 5.41) is 26.5. The number of carbonyl (C=O) groups excluding carboxylic acids is 3. The van der Waals surface area contributed by atoms with E-state index in [-0.39, 0.29) is 24.3 Å². The van der Waals surface area contributed by atoms with E-state index in [9.17, 15) is 33.4 Å². The Balaban J connectivity index is 1.46. The van der Waals surface area contributed by atoms with Crippen molar-refractivity contribution in [1.29, 1.82) is 0 Å². The van der Waals surface area contributed by atoms with Crippen molar-refractivity contribution in [2.75, 3.05) is 45.9 Å². The molecule has 3 atom stereocenters. The normalized spacial score (nSPS) is 20.1. The highest BCUT2D eigenvalue weighted by Crippen LogP contribution is 2.33. The summed E-state index contributed by atoms with van der Waals surface area (Å²) in [5.74, 6) is -5.86. The van der Waals surface area contributed by atoms with Gasteiger partial charge in [0, 0.05) is 37.2 Å². The van der Waals surface area contributed by atoms with Crippen LogP contribution in [0.2, 0.25) is 0 Å². The summed E-state index contributed by atoms with van der Waals surface area (Å²) in [6, 6.07) is 10.5. The zero-order valence-electron chi connectivity index (χ0n) is 23.6. The summed E-state index contributed by atoms with van der Waals surface area (Å²) in [7, 11) is 0. The first kappa shape index (κ1) is 31.3. The molecule has 0 saturated carbocycles. The van der Waals surface area contributed by atoms with Gasteiger partial charge in [-0.3, -0.25) is 19.3 Å². The third kappa shape index (κ3) is 8.02. The number of phenols is 1. The molecule has 10 nitrogen and oxygen atoms in total. The van der Waals surface area contributed by atoms with Crippen molar-refractivity contribution in [2.45, 2.75) is 50.3 Å². The molecule has 4 rings (SSSR count). The summed E-state index contributed by atoms with van der Waals surface area (Å²) < 4.78 is 34.4. The van der Waals surface area contributed by atoms with Gasteiger partial charge in [0.05, 0.1) is 25.8 Å².